The topological polar surface area (TPSA) is 37.3 Å². The van der Waals surface area contributed by atoms with Gasteiger partial charge in [-0.05, 0) is 32.1 Å². The standard InChI is InChI=1S/C19H36O2/c1-2-3-4-5-6-7-8-9-10-11-12-13-14-15-16-17-18-19(20)21/h10-11H,2-9,12-18H2,1H3,(H,20,21)/b11-10-. The molecule has 0 bridgehead atoms. The van der Waals surface area contributed by atoms with Crippen molar-refractivity contribution in [2.45, 2.75) is 103 Å². The van der Waals surface area contributed by atoms with E-state index in [2.05, 4.69) is 19.1 Å². The Bertz CT molecular complexity index is 246. The Morgan fingerprint density at radius 1 is 0.714 bits per heavy atom. The first kappa shape index (κ1) is 20.2. The minimum Gasteiger partial charge on any atom is -0.481 e. The van der Waals surface area contributed by atoms with Gasteiger partial charge in [0.25, 0.3) is 0 Å². The minimum absolute atomic E-state index is 0.332. The number of hydrogen-bond acceptors (Lipinski definition) is 1. The molecule has 0 saturated heterocycles. The molecular formula is C19H36O2. The molecule has 0 aliphatic carbocycles. The average molecular weight is 296 g/mol. The van der Waals surface area contributed by atoms with E-state index in [0.29, 0.717) is 6.42 Å². The van der Waals surface area contributed by atoms with Crippen LogP contribution in [0.1, 0.15) is 103 Å². The second-order valence-corrected chi connectivity index (χ2v) is 6.08. The third-order valence-corrected chi connectivity index (χ3v) is 3.90. The molecule has 0 unspecified atom stereocenters. The fourth-order valence-electron chi connectivity index (χ4n) is 2.52. The highest BCUT2D eigenvalue weighted by Crippen LogP contribution is 2.10. The highest BCUT2D eigenvalue weighted by Gasteiger charge is 1.95. The van der Waals surface area contributed by atoms with Crippen molar-refractivity contribution in [3.63, 3.8) is 0 Å². The summed E-state index contributed by atoms with van der Waals surface area (Å²) in [6.45, 7) is 2.26. The summed E-state index contributed by atoms with van der Waals surface area (Å²) < 4.78 is 0. The average Bonchev–Trinajstić information content (AvgIpc) is 2.46. The number of carboxylic acid groups (broad SMARTS) is 1. The normalized spacial score (nSPS) is 11.3. The van der Waals surface area contributed by atoms with E-state index in [-0.39, 0.29) is 0 Å². The summed E-state index contributed by atoms with van der Waals surface area (Å²) in [6, 6.07) is 0. The summed E-state index contributed by atoms with van der Waals surface area (Å²) in [7, 11) is 0. The van der Waals surface area contributed by atoms with Crippen molar-refractivity contribution in [1.82, 2.24) is 0 Å². The van der Waals surface area contributed by atoms with Crippen molar-refractivity contribution in [2.75, 3.05) is 0 Å². The highest BCUT2D eigenvalue weighted by atomic mass is 16.4. The van der Waals surface area contributed by atoms with Crippen molar-refractivity contribution in [2.24, 2.45) is 0 Å². The van der Waals surface area contributed by atoms with Crippen molar-refractivity contribution < 1.29 is 9.90 Å². The Morgan fingerprint density at radius 2 is 1.14 bits per heavy atom. The van der Waals surface area contributed by atoms with Crippen LogP contribution in [0.5, 0.6) is 0 Å². The first-order chi connectivity index (χ1) is 10.3. The molecule has 0 aliphatic heterocycles. The van der Waals surface area contributed by atoms with Gasteiger partial charge in [-0.25, -0.2) is 0 Å². The zero-order chi connectivity index (χ0) is 15.6. The molecule has 2 heteroatoms. The second kappa shape index (κ2) is 17.3. The smallest absolute Gasteiger partial charge is 0.303 e. The van der Waals surface area contributed by atoms with Crippen LogP contribution in [0.15, 0.2) is 12.2 Å². The molecule has 21 heavy (non-hydrogen) atoms. The Labute approximate surface area is 132 Å². The van der Waals surface area contributed by atoms with E-state index in [1.165, 1.54) is 77.0 Å². The molecule has 0 saturated carbocycles. The molecule has 0 aliphatic rings. The van der Waals surface area contributed by atoms with Gasteiger partial charge in [0, 0.05) is 6.42 Å². The molecule has 0 aromatic rings. The van der Waals surface area contributed by atoms with Crippen molar-refractivity contribution in [1.29, 1.82) is 0 Å². The second-order valence-electron chi connectivity index (χ2n) is 6.08. The lowest BCUT2D eigenvalue weighted by Gasteiger charge is -1.99. The van der Waals surface area contributed by atoms with E-state index in [4.69, 9.17) is 5.11 Å². The molecular weight excluding hydrogens is 260 g/mol. The predicted molar refractivity (Wildman–Crippen MR) is 91.7 cm³/mol. The van der Waals surface area contributed by atoms with Gasteiger partial charge in [0.15, 0.2) is 0 Å². The number of carbonyl (C=O) groups is 1. The monoisotopic (exact) mass is 296 g/mol. The molecule has 0 heterocycles. The van der Waals surface area contributed by atoms with E-state index < -0.39 is 5.97 Å². The zero-order valence-electron chi connectivity index (χ0n) is 14.1. The molecule has 0 aromatic heterocycles. The lowest BCUT2D eigenvalue weighted by molar-refractivity contribution is -0.137. The van der Waals surface area contributed by atoms with Crippen LogP contribution in [0.25, 0.3) is 0 Å². The third kappa shape index (κ3) is 19.2. The minimum atomic E-state index is -0.664. The first-order valence-corrected chi connectivity index (χ1v) is 9.14. The van der Waals surface area contributed by atoms with Gasteiger partial charge in [0.05, 0.1) is 0 Å². The highest BCUT2D eigenvalue weighted by molar-refractivity contribution is 5.66. The molecule has 0 atom stereocenters. The van der Waals surface area contributed by atoms with Crippen LogP contribution in [-0.2, 0) is 4.79 Å². The van der Waals surface area contributed by atoms with Crippen LogP contribution in [0.4, 0.5) is 0 Å². The summed E-state index contributed by atoms with van der Waals surface area (Å²) in [5.41, 5.74) is 0. The van der Waals surface area contributed by atoms with E-state index in [1.807, 2.05) is 0 Å². The van der Waals surface area contributed by atoms with Crippen LogP contribution in [0, 0.1) is 0 Å². The van der Waals surface area contributed by atoms with Crippen LogP contribution in [0.2, 0.25) is 0 Å². The van der Waals surface area contributed by atoms with Gasteiger partial charge in [-0.3, -0.25) is 4.79 Å². The molecule has 2 nitrogen and oxygen atoms in total. The lowest BCUT2D eigenvalue weighted by Crippen LogP contribution is -1.93. The van der Waals surface area contributed by atoms with Crippen molar-refractivity contribution in [3.05, 3.63) is 12.2 Å². The molecule has 0 fully saturated rings. The molecule has 0 amide bonds. The number of carboxylic acids is 1. The van der Waals surface area contributed by atoms with Gasteiger partial charge in [0.2, 0.25) is 0 Å². The van der Waals surface area contributed by atoms with Crippen LogP contribution in [0.3, 0.4) is 0 Å². The maximum atomic E-state index is 10.3. The molecule has 124 valence electrons. The van der Waals surface area contributed by atoms with E-state index in [9.17, 15) is 4.79 Å². The number of aliphatic carboxylic acids is 1. The van der Waals surface area contributed by atoms with Crippen molar-refractivity contribution >= 4 is 5.97 Å². The van der Waals surface area contributed by atoms with E-state index >= 15 is 0 Å². The molecule has 0 aromatic carbocycles. The summed E-state index contributed by atoms with van der Waals surface area (Å²) in [6.07, 6.45) is 22.7. The third-order valence-electron chi connectivity index (χ3n) is 3.90. The molecule has 1 N–H and O–H groups in total. The van der Waals surface area contributed by atoms with Crippen LogP contribution in [-0.4, -0.2) is 11.1 Å². The predicted octanol–water partition coefficient (Wildman–Crippen LogP) is 6.50. The summed E-state index contributed by atoms with van der Waals surface area (Å²) >= 11 is 0. The largest absolute Gasteiger partial charge is 0.481 e. The van der Waals surface area contributed by atoms with Crippen LogP contribution < -0.4 is 0 Å². The summed E-state index contributed by atoms with van der Waals surface area (Å²) in [5, 5.41) is 8.52. The maximum absolute atomic E-state index is 10.3. The van der Waals surface area contributed by atoms with Gasteiger partial charge < -0.3 is 5.11 Å². The Hall–Kier alpha value is -0.790. The maximum Gasteiger partial charge on any atom is 0.303 e. The van der Waals surface area contributed by atoms with E-state index in [0.717, 1.165) is 12.8 Å². The summed E-state index contributed by atoms with van der Waals surface area (Å²) in [5.74, 6) is -0.664. The quantitative estimate of drug-likeness (QED) is 0.261. The molecule has 0 spiro atoms. The fourth-order valence-corrected chi connectivity index (χ4v) is 2.52. The van der Waals surface area contributed by atoms with Gasteiger partial charge in [0.1, 0.15) is 0 Å². The number of rotatable bonds is 16. The first-order valence-electron chi connectivity index (χ1n) is 9.14. The SMILES string of the molecule is CCCCCCCCC/C=C\CCCCCCCC(=O)O. The Balaban J connectivity index is 3.07. The Morgan fingerprint density at radius 3 is 1.62 bits per heavy atom. The molecule has 0 rings (SSSR count). The Kier molecular flexibility index (Phi) is 16.6. The van der Waals surface area contributed by atoms with Crippen molar-refractivity contribution in [3.8, 4) is 0 Å². The lowest BCUT2D eigenvalue weighted by atomic mass is 10.1. The van der Waals surface area contributed by atoms with E-state index in [1.54, 1.807) is 0 Å². The fraction of sp³-hybridized carbons (Fsp3) is 0.842. The molecule has 0 radical (unpaired) electrons. The van der Waals surface area contributed by atoms with Crippen LogP contribution >= 0.6 is 0 Å². The van der Waals surface area contributed by atoms with Gasteiger partial charge >= 0.3 is 5.97 Å². The number of allylic oxidation sites excluding steroid dienone is 2. The summed E-state index contributed by atoms with van der Waals surface area (Å²) in [4.78, 5) is 10.3. The number of unbranched alkanes of at least 4 members (excludes halogenated alkanes) is 12. The van der Waals surface area contributed by atoms with Gasteiger partial charge in [-0.1, -0.05) is 76.9 Å². The van der Waals surface area contributed by atoms with Gasteiger partial charge in [-0.15, -0.1) is 0 Å². The van der Waals surface area contributed by atoms with Gasteiger partial charge in [-0.2, -0.15) is 0 Å². The zero-order valence-corrected chi connectivity index (χ0v) is 14.1. The number of hydrogen-bond donors (Lipinski definition) is 1.